The van der Waals surface area contributed by atoms with Gasteiger partial charge in [-0.15, -0.1) is 0 Å². The molecule has 21 heavy (non-hydrogen) atoms. The van der Waals surface area contributed by atoms with Crippen molar-refractivity contribution in [3.8, 4) is 5.75 Å². The lowest BCUT2D eigenvalue weighted by Crippen LogP contribution is -2.27. The fourth-order valence-electron chi connectivity index (χ4n) is 2.54. The van der Waals surface area contributed by atoms with Gasteiger partial charge in [0.1, 0.15) is 11.9 Å². The molecule has 0 fully saturated rings. The molecule has 1 aromatic heterocycles. The number of fused-ring (bicyclic) bond motifs is 1. The van der Waals surface area contributed by atoms with Crippen LogP contribution < -0.4 is 10.1 Å². The van der Waals surface area contributed by atoms with E-state index in [-0.39, 0.29) is 12.1 Å². The Hall–Kier alpha value is -0.620. The molecule has 0 saturated carbocycles. The maximum absolute atomic E-state index is 6.12. The Morgan fingerprint density at radius 1 is 1.33 bits per heavy atom. The molecule has 0 spiro atoms. The topological polar surface area (TPSA) is 34.2 Å². The van der Waals surface area contributed by atoms with Gasteiger partial charge in [0.25, 0.3) is 0 Å². The van der Waals surface area contributed by atoms with E-state index in [9.17, 15) is 0 Å². The van der Waals surface area contributed by atoms with Crippen LogP contribution in [0.2, 0.25) is 5.02 Å². The van der Waals surface area contributed by atoms with Crippen molar-refractivity contribution in [3.63, 3.8) is 0 Å². The third kappa shape index (κ3) is 3.11. The van der Waals surface area contributed by atoms with Crippen LogP contribution in [-0.2, 0) is 0 Å². The van der Waals surface area contributed by atoms with Crippen LogP contribution in [0.5, 0.6) is 5.75 Å². The molecule has 0 saturated heterocycles. The molecule has 3 nitrogen and oxygen atoms in total. The van der Waals surface area contributed by atoms with Gasteiger partial charge >= 0.3 is 0 Å². The summed E-state index contributed by atoms with van der Waals surface area (Å²) in [5, 5.41) is 4.05. The average Bonchev–Trinajstić information content (AvgIpc) is 2.46. The first kappa shape index (κ1) is 15.3. The van der Waals surface area contributed by atoms with Crippen LogP contribution in [0.15, 0.2) is 39.4 Å². The predicted molar refractivity (Wildman–Crippen MR) is 90.9 cm³/mol. The Bertz CT molecular complexity index is 681. The lowest BCUT2D eigenvalue weighted by Gasteiger charge is -2.32. The van der Waals surface area contributed by atoms with E-state index < -0.39 is 0 Å². The van der Waals surface area contributed by atoms with Crippen molar-refractivity contribution in [2.24, 2.45) is 0 Å². The predicted octanol–water partition coefficient (Wildman–Crippen LogP) is 5.04. The van der Waals surface area contributed by atoms with Crippen molar-refractivity contribution in [1.82, 2.24) is 10.3 Å². The maximum Gasteiger partial charge on any atom is 0.143 e. The highest BCUT2D eigenvalue weighted by atomic mass is 79.9. The first-order valence-electron chi connectivity index (χ1n) is 6.53. The highest BCUT2D eigenvalue weighted by Crippen LogP contribution is 2.42. The van der Waals surface area contributed by atoms with E-state index in [4.69, 9.17) is 16.3 Å². The van der Waals surface area contributed by atoms with E-state index >= 15 is 0 Å². The third-order valence-corrected chi connectivity index (χ3v) is 4.86. The third-order valence-electron chi connectivity index (χ3n) is 3.56. The fraction of sp³-hybridized carbons (Fsp3) is 0.267. The Morgan fingerprint density at radius 2 is 2.14 bits per heavy atom. The second kappa shape index (κ2) is 6.24. The summed E-state index contributed by atoms with van der Waals surface area (Å²) in [6.45, 7) is 0. The summed E-state index contributed by atoms with van der Waals surface area (Å²) in [7, 11) is 1.95. The Labute approximate surface area is 145 Å². The summed E-state index contributed by atoms with van der Waals surface area (Å²) >= 11 is 13.1. The SMILES string of the molecule is CNC1CC(c2ncc(Br)cc2Br)Oc2ccc(Cl)cc21. The zero-order valence-corrected chi connectivity index (χ0v) is 15.2. The number of rotatable bonds is 2. The lowest BCUT2D eigenvalue weighted by atomic mass is 9.95. The van der Waals surface area contributed by atoms with Gasteiger partial charge < -0.3 is 10.1 Å². The van der Waals surface area contributed by atoms with E-state index in [1.807, 2.05) is 31.3 Å². The molecule has 2 heterocycles. The van der Waals surface area contributed by atoms with E-state index in [2.05, 4.69) is 42.2 Å². The summed E-state index contributed by atoms with van der Waals surface area (Å²) in [5.74, 6) is 0.853. The number of benzene rings is 1. The van der Waals surface area contributed by atoms with Crippen molar-refractivity contribution in [2.75, 3.05) is 7.05 Å². The summed E-state index contributed by atoms with van der Waals surface area (Å²) < 4.78 is 7.99. The van der Waals surface area contributed by atoms with Crippen LogP contribution >= 0.6 is 43.5 Å². The number of halogens is 3. The molecule has 1 aromatic carbocycles. The number of ether oxygens (including phenoxy) is 1. The van der Waals surface area contributed by atoms with Gasteiger partial charge in [-0.3, -0.25) is 4.98 Å². The molecular formula is C15H13Br2ClN2O. The van der Waals surface area contributed by atoms with Gasteiger partial charge in [-0.25, -0.2) is 0 Å². The molecule has 2 atom stereocenters. The Kier molecular flexibility index (Phi) is 4.54. The standard InChI is InChI=1S/C15H13Br2ClN2O/c1-19-12-6-14(15-11(17)4-8(16)7-20-15)21-13-3-2-9(18)5-10(12)13/h2-5,7,12,14,19H,6H2,1H3. The van der Waals surface area contributed by atoms with E-state index in [1.54, 1.807) is 6.20 Å². The van der Waals surface area contributed by atoms with Crippen LogP contribution in [0.25, 0.3) is 0 Å². The molecule has 2 aromatic rings. The summed E-state index contributed by atoms with van der Waals surface area (Å²) in [5.41, 5.74) is 1.99. The normalized spacial score (nSPS) is 20.8. The number of hydrogen-bond donors (Lipinski definition) is 1. The van der Waals surface area contributed by atoms with Gasteiger partial charge in [-0.05, 0) is 63.2 Å². The Balaban J connectivity index is 1.98. The van der Waals surface area contributed by atoms with Crippen LogP contribution in [-0.4, -0.2) is 12.0 Å². The monoisotopic (exact) mass is 430 g/mol. The fourth-order valence-corrected chi connectivity index (χ4v) is 3.97. The molecule has 2 unspecified atom stereocenters. The minimum Gasteiger partial charge on any atom is -0.484 e. The van der Waals surface area contributed by atoms with Gasteiger partial charge in [0.15, 0.2) is 0 Å². The maximum atomic E-state index is 6.12. The second-order valence-electron chi connectivity index (χ2n) is 4.89. The van der Waals surface area contributed by atoms with Crippen LogP contribution in [0, 0.1) is 0 Å². The van der Waals surface area contributed by atoms with Crippen molar-refractivity contribution in [2.45, 2.75) is 18.6 Å². The number of pyridine rings is 1. The first-order chi connectivity index (χ1) is 10.1. The molecule has 110 valence electrons. The smallest absolute Gasteiger partial charge is 0.143 e. The number of aromatic nitrogens is 1. The number of hydrogen-bond acceptors (Lipinski definition) is 3. The molecular weight excluding hydrogens is 419 g/mol. The molecule has 0 bridgehead atoms. The van der Waals surface area contributed by atoms with Gasteiger partial charge in [-0.1, -0.05) is 11.6 Å². The van der Waals surface area contributed by atoms with E-state index in [0.29, 0.717) is 0 Å². The minimum absolute atomic E-state index is 0.0985. The van der Waals surface area contributed by atoms with Crippen molar-refractivity contribution in [1.29, 1.82) is 0 Å². The summed E-state index contributed by atoms with van der Waals surface area (Å²) in [4.78, 5) is 4.49. The summed E-state index contributed by atoms with van der Waals surface area (Å²) in [6, 6.07) is 7.89. The molecule has 1 aliphatic heterocycles. The molecule has 0 amide bonds. The molecule has 6 heteroatoms. The zero-order valence-electron chi connectivity index (χ0n) is 11.2. The molecule has 1 N–H and O–H groups in total. The van der Waals surface area contributed by atoms with Gasteiger partial charge in [-0.2, -0.15) is 0 Å². The van der Waals surface area contributed by atoms with Crippen LogP contribution in [0.3, 0.4) is 0 Å². The Morgan fingerprint density at radius 3 is 2.86 bits per heavy atom. The number of nitrogens with zero attached hydrogens (tertiary/aromatic N) is 1. The van der Waals surface area contributed by atoms with Gasteiger partial charge in [0.2, 0.25) is 0 Å². The zero-order chi connectivity index (χ0) is 15.0. The quantitative estimate of drug-likeness (QED) is 0.722. The van der Waals surface area contributed by atoms with Crippen LogP contribution in [0.4, 0.5) is 0 Å². The van der Waals surface area contributed by atoms with Gasteiger partial charge in [0.05, 0.1) is 5.69 Å². The van der Waals surface area contributed by atoms with Crippen LogP contribution in [0.1, 0.15) is 29.8 Å². The highest BCUT2D eigenvalue weighted by Gasteiger charge is 2.30. The highest BCUT2D eigenvalue weighted by molar-refractivity contribution is 9.11. The van der Waals surface area contributed by atoms with Crippen molar-refractivity contribution >= 4 is 43.5 Å². The molecule has 0 radical (unpaired) electrons. The van der Waals surface area contributed by atoms with Crippen molar-refractivity contribution in [3.05, 3.63) is 55.7 Å². The number of nitrogens with one attached hydrogen (secondary N) is 1. The largest absolute Gasteiger partial charge is 0.484 e. The molecule has 1 aliphatic rings. The first-order valence-corrected chi connectivity index (χ1v) is 8.49. The lowest BCUT2D eigenvalue weighted by molar-refractivity contribution is 0.149. The van der Waals surface area contributed by atoms with Gasteiger partial charge in [0, 0.05) is 38.2 Å². The minimum atomic E-state index is -0.0985. The average molecular weight is 433 g/mol. The van der Waals surface area contributed by atoms with Crippen molar-refractivity contribution < 1.29 is 4.74 Å². The van der Waals surface area contributed by atoms with E-state index in [1.165, 1.54) is 0 Å². The molecule has 0 aliphatic carbocycles. The molecule has 3 rings (SSSR count). The van der Waals surface area contributed by atoms with E-state index in [0.717, 1.165) is 37.4 Å². The summed E-state index contributed by atoms with van der Waals surface area (Å²) in [6.07, 6.45) is 2.49. The second-order valence-corrected chi connectivity index (χ2v) is 7.09.